The van der Waals surface area contributed by atoms with Crippen LogP contribution in [0.1, 0.15) is 55.2 Å². The summed E-state index contributed by atoms with van der Waals surface area (Å²) in [6.07, 6.45) is 6.68. The molecule has 0 saturated heterocycles. The topological polar surface area (TPSA) is 20.2 Å². The molecular weight excluding hydrogens is 328 g/mol. The van der Waals surface area contributed by atoms with E-state index in [2.05, 4.69) is 91.0 Å². The molecule has 0 aromatic heterocycles. The van der Waals surface area contributed by atoms with Crippen molar-refractivity contribution in [1.82, 2.24) is 0 Å². The van der Waals surface area contributed by atoms with Crippen LogP contribution in [0.2, 0.25) is 0 Å². The van der Waals surface area contributed by atoms with Gasteiger partial charge in [0, 0.05) is 12.0 Å². The minimum absolute atomic E-state index is 0.124. The number of benzene rings is 3. The van der Waals surface area contributed by atoms with E-state index in [0.29, 0.717) is 6.61 Å². The lowest BCUT2D eigenvalue weighted by molar-refractivity contribution is 0.282. The standard InChI is InChI=1S/C26H30O/c27-22-14-3-1-2-13-21-26(23-15-7-4-8-16-23,24-17-9-5-10-18-24)25-19-11-6-12-20-25/h4-12,15-20,27H,1-3,13-14,21-22H2. The highest BCUT2D eigenvalue weighted by Gasteiger charge is 2.35. The van der Waals surface area contributed by atoms with Crippen molar-refractivity contribution in [2.45, 2.75) is 43.9 Å². The molecule has 1 heteroatoms. The molecule has 3 aromatic carbocycles. The van der Waals surface area contributed by atoms with Gasteiger partial charge in [0.25, 0.3) is 0 Å². The summed E-state index contributed by atoms with van der Waals surface area (Å²) >= 11 is 0. The van der Waals surface area contributed by atoms with Crippen LogP contribution >= 0.6 is 0 Å². The molecule has 0 saturated carbocycles. The Bertz CT molecular complexity index is 668. The van der Waals surface area contributed by atoms with Crippen LogP contribution in [0.25, 0.3) is 0 Å². The van der Waals surface area contributed by atoms with Crippen LogP contribution in [-0.2, 0) is 5.41 Å². The Kier molecular flexibility index (Phi) is 7.24. The molecule has 0 aliphatic carbocycles. The number of unbranched alkanes of at least 4 members (excludes halogenated alkanes) is 4. The van der Waals surface area contributed by atoms with Crippen molar-refractivity contribution in [3.8, 4) is 0 Å². The average Bonchev–Trinajstić information content (AvgIpc) is 2.75. The summed E-state index contributed by atoms with van der Waals surface area (Å²) in [4.78, 5) is 0. The van der Waals surface area contributed by atoms with Crippen molar-refractivity contribution in [3.63, 3.8) is 0 Å². The number of hydrogen-bond donors (Lipinski definition) is 1. The van der Waals surface area contributed by atoms with Crippen LogP contribution in [0.4, 0.5) is 0 Å². The van der Waals surface area contributed by atoms with Gasteiger partial charge in [-0.05, 0) is 29.5 Å². The fraction of sp³-hybridized carbons (Fsp3) is 0.308. The highest BCUT2D eigenvalue weighted by atomic mass is 16.2. The second kappa shape index (κ2) is 10.1. The van der Waals surface area contributed by atoms with E-state index in [1.807, 2.05) is 0 Å². The molecule has 27 heavy (non-hydrogen) atoms. The molecule has 0 aliphatic heterocycles. The number of hydrogen-bond acceptors (Lipinski definition) is 1. The third kappa shape index (κ3) is 4.67. The summed E-state index contributed by atoms with van der Waals surface area (Å²) in [7, 11) is 0. The van der Waals surface area contributed by atoms with Crippen molar-refractivity contribution in [2.75, 3.05) is 6.61 Å². The van der Waals surface area contributed by atoms with Crippen molar-refractivity contribution in [1.29, 1.82) is 0 Å². The van der Waals surface area contributed by atoms with Crippen molar-refractivity contribution in [2.24, 2.45) is 0 Å². The van der Waals surface area contributed by atoms with Crippen LogP contribution in [0, 0.1) is 0 Å². The van der Waals surface area contributed by atoms with Gasteiger partial charge in [-0.15, -0.1) is 0 Å². The summed E-state index contributed by atoms with van der Waals surface area (Å²) in [6, 6.07) is 32.8. The summed E-state index contributed by atoms with van der Waals surface area (Å²) in [5, 5.41) is 9.00. The SMILES string of the molecule is OCCCCCCCC(c1ccccc1)(c1ccccc1)c1ccccc1. The van der Waals surface area contributed by atoms with Gasteiger partial charge < -0.3 is 5.11 Å². The maximum atomic E-state index is 9.00. The number of aliphatic hydroxyl groups excluding tert-OH is 1. The molecule has 140 valence electrons. The van der Waals surface area contributed by atoms with E-state index in [1.54, 1.807) is 0 Å². The van der Waals surface area contributed by atoms with Gasteiger partial charge >= 0.3 is 0 Å². The lowest BCUT2D eigenvalue weighted by Gasteiger charge is -2.36. The van der Waals surface area contributed by atoms with E-state index >= 15 is 0 Å². The van der Waals surface area contributed by atoms with Crippen molar-refractivity contribution in [3.05, 3.63) is 108 Å². The third-order valence-electron chi connectivity index (χ3n) is 5.51. The van der Waals surface area contributed by atoms with Gasteiger partial charge in [-0.1, -0.05) is 117 Å². The molecular formula is C26H30O. The minimum Gasteiger partial charge on any atom is -0.396 e. The summed E-state index contributed by atoms with van der Waals surface area (Å²) in [5.74, 6) is 0. The van der Waals surface area contributed by atoms with Crippen LogP contribution in [-0.4, -0.2) is 11.7 Å². The fourth-order valence-corrected chi connectivity index (χ4v) is 4.13. The van der Waals surface area contributed by atoms with Gasteiger partial charge in [-0.25, -0.2) is 0 Å². The zero-order chi connectivity index (χ0) is 18.8. The summed E-state index contributed by atoms with van der Waals surface area (Å²) in [5.41, 5.74) is 3.95. The first kappa shape index (κ1) is 19.4. The molecule has 1 nitrogen and oxygen atoms in total. The lowest BCUT2D eigenvalue weighted by Crippen LogP contribution is -2.29. The molecule has 0 radical (unpaired) electrons. The quantitative estimate of drug-likeness (QED) is 0.330. The fourth-order valence-electron chi connectivity index (χ4n) is 4.13. The largest absolute Gasteiger partial charge is 0.396 e. The smallest absolute Gasteiger partial charge is 0.0451 e. The van der Waals surface area contributed by atoms with Gasteiger partial charge in [0.2, 0.25) is 0 Å². The monoisotopic (exact) mass is 358 g/mol. The van der Waals surface area contributed by atoms with E-state index in [0.717, 1.165) is 19.3 Å². The van der Waals surface area contributed by atoms with E-state index in [1.165, 1.54) is 36.0 Å². The van der Waals surface area contributed by atoms with Crippen molar-refractivity contribution >= 4 is 0 Å². The van der Waals surface area contributed by atoms with Crippen LogP contribution in [0.5, 0.6) is 0 Å². The predicted octanol–water partition coefficient (Wildman–Crippen LogP) is 6.35. The Balaban J connectivity index is 1.98. The van der Waals surface area contributed by atoms with Crippen LogP contribution < -0.4 is 0 Å². The Labute approximate surface area is 163 Å². The van der Waals surface area contributed by atoms with Crippen molar-refractivity contribution < 1.29 is 5.11 Å². The van der Waals surface area contributed by atoms with E-state index in [9.17, 15) is 0 Å². The molecule has 3 aromatic rings. The van der Waals surface area contributed by atoms with Crippen LogP contribution in [0.15, 0.2) is 91.0 Å². The van der Waals surface area contributed by atoms with E-state index < -0.39 is 0 Å². The first-order valence-electron chi connectivity index (χ1n) is 10.2. The van der Waals surface area contributed by atoms with Gasteiger partial charge in [0.1, 0.15) is 0 Å². The normalized spacial score (nSPS) is 11.4. The molecule has 0 spiro atoms. The van der Waals surface area contributed by atoms with Crippen LogP contribution in [0.3, 0.4) is 0 Å². The Morgan fingerprint density at radius 2 is 0.852 bits per heavy atom. The van der Waals surface area contributed by atoms with Gasteiger partial charge in [-0.3, -0.25) is 0 Å². The molecule has 0 heterocycles. The number of aliphatic hydroxyl groups is 1. The molecule has 0 aliphatic rings. The molecule has 3 rings (SSSR count). The maximum Gasteiger partial charge on any atom is 0.0451 e. The van der Waals surface area contributed by atoms with Gasteiger partial charge in [0.05, 0.1) is 0 Å². The maximum absolute atomic E-state index is 9.00. The molecule has 0 unspecified atom stereocenters. The third-order valence-corrected chi connectivity index (χ3v) is 5.51. The zero-order valence-corrected chi connectivity index (χ0v) is 16.1. The molecule has 1 N–H and O–H groups in total. The average molecular weight is 359 g/mol. The summed E-state index contributed by atoms with van der Waals surface area (Å²) < 4.78 is 0. The Morgan fingerprint density at radius 1 is 0.481 bits per heavy atom. The number of rotatable bonds is 10. The highest BCUT2D eigenvalue weighted by Crippen LogP contribution is 2.43. The Hall–Kier alpha value is -2.38. The van der Waals surface area contributed by atoms with Gasteiger partial charge in [0.15, 0.2) is 0 Å². The zero-order valence-electron chi connectivity index (χ0n) is 16.1. The molecule has 0 bridgehead atoms. The minimum atomic E-state index is -0.124. The second-order valence-electron chi connectivity index (χ2n) is 7.24. The Morgan fingerprint density at radius 3 is 1.26 bits per heavy atom. The molecule has 0 fully saturated rings. The van der Waals surface area contributed by atoms with E-state index in [-0.39, 0.29) is 5.41 Å². The second-order valence-corrected chi connectivity index (χ2v) is 7.24. The first-order chi connectivity index (χ1) is 13.4. The lowest BCUT2D eigenvalue weighted by atomic mass is 9.66. The van der Waals surface area contributed by atoms with E-state index in [4.69, 9.17) is 5.11 Å². The first-order valence-corrected chi connectivity index (χ1v) is 10.2. The van der Waals surface area contributed by atoms with Gasteiger partial charge in [-0.2, -0.15) is 0 Å². The molecule has 0 atom stereocenters. The molecule has 0 amide bonds. The highest BCUT2D eigenvalue weighted by molar-refractivity contribution is 5.50. The predicted molar refractivity (Wildman–Crippen MR) is 114 cm³/mol. The summed E-state index contributed by atoms with van der Waals surface area (Å²) in [6.45, 7) is 0.308.